The quantitative estimate of drug-likeness (QED) is 0.882. The second kappa shape index (κ2) is 6.05. The highest BCUT2D eigenvalue weighted by Crippen LogP contribution is 2.23. The molecule has 1 amide bonds. The number of aryl methyl sites for hydroxylation is 1. The van der Waals surface area contributed by atoms with Gasteiger partial charge in [0.05, 0.1) is 11.1 Å². The van der Waals surface area contributed by atoms with E-state index in [2.05, 4.69) is 21.2 Å². The molecule has 0 saturated carbocycles. The van der Waals surface area contributed by atoms with Gasteiger partial charge in [-0.05, 0) is 52.7 Å². The zero-order chi connectivity index (χ0) is 15.6. The van der Waals surface area contributed by atoms with Crippen molar-refractivity contribution in [3.8, 4) is 0 Å². The first-order chi connectivity index (χ1) is 9.90. The maximum atomic E-state index is 13.7. The van der Waals surface area contributed by atoms with Gasteiger partial charge in [0.1, 0.15) is 5.82 Å². The smallest absolute Gasteiger partial charge is 0.335 e. The molecule has 4 nitrogen and oxygen atoms in total. The van der Waals surface area contributed by atoms with Crippen molar-refractivity contribution in [1.29, 1.82) is 0 Å². The number of carbonyl (C=O) groups excluding carboxylic acids is 1. The molecule has 0 saturated heterocycles. The molecule has 0 aliphatic rings. The summed E-state index contributed by atoms with van der Waals surface area (Å²) >= 11 is 3.12. The number of halogens is 2. The van der Waals surface area contributed by atoms with E-state index in [4.69, 9.17) is 5.11 Å². The van der Waals surface area contributed by atoms with Crippen LogP contribution in [0.25, 0.3) is 0 Å². The number of carboxylic acids is 1. The van der Waals surface area contributed by atoms with E-state index in [1.165, 1.54) is 24.3 Å². The summed E-state index contributed by atoms with van der Waals surface area (Å²) in [6.45, 7) is 1.72. The van der Waals surface area contributed by atoms with Crippen molar-refractivity contribution in [2.24, 2.45) is 0 Å². The number of carboxylic acid groups (broad SMARTS) is 1. The zero-order valence-corrected chi connectivity index (χ0v) is 12.6. The largest absolute Gasteiger partial charge is 0.478 e. The Morgan fingerprint density at radius 2 is 1.95 bits per heavy atom. The summed E-state index contributed by atoms with van der Waals surface area (Å²) in [5, 5.41) is 11.5. The van der Waals surface area contributed by atoms with Crippen molar-refractivity contribution in [2.45, 2.75) is 6.92 Å². The second-order valence-electron chi connectivity index (χ2n) is 4.39. The summed E-state index contributed by atoms with van der Waals surface area (Å²) in [4.78, 5) is 23.1. The average molecular weight is 352 g/mol. The molecule has 2 aromatic rings. The summed E-state index contributed by atoms with van der Waals surface area (Å²) in [6, 6.07) is 8.57. The molecule has 0 aliphatic carbocycles. The number of carbonyl (C=O) groups is 2. The van der Waals surface area contributed by atoms with Crippen LogP contribution in [0.4, 0.5) is 10.1 Å². The number of anilines is 1. The number of hydrogen-bond acceptors (Lipinski definition) is 2. The predicted molar refractivity (Wildman–Crippen MR) is 80.2 cm³/mol. The number of aromatic carboxylic acids is 1. The van der Waals surface area contributed by atoms with E-state index in [0.717, 1.165) is 0 Å². The van der Waals surface area contributed by atoms with Crippen LogP contribution in [0.15, 0.2) is 40.9 Å². The standard InChI is InChI=1S/C15H11BrFNO3/c1-8-5-6-9(15(20)21)7-12(8)18-14(19)13-10(16)3-2-4-11(13)17/h2-7H,1H3,(H,18,19)(H,20,21). The van der Waals surface area contributed by atoms with Gasteiger partial charge in [0.25, 0.3) is 5.91 Å². The van der Waals surface area contributed by atoms with Gasteiger partial charge < -0.3 is 10.4 Å². The van der Waals surface area contributed by atoms with Crippen LogP contribution in [0, 0.1) is 12.7 Å². The Labute approximate surface area is 128 Å². The molecule has 0 heterocycles. The fourth-order valence-electron chi connectivity index (χ4n) is 1.79. The number of amides is 1. The summed E-state index contributed by atoms with van der Waals surface area (Å²) in [5.74, 6) is -2.41. The lowest BCUT2D eigenvalue weighted by Crippen LogP contribution is -2.15. The molecule has 0 bridgehead atoms. The lowest BCUT2D eigenvalue weighted by molar-refractivity contribution is 0.0696. The fraction of sp³-hybridized carbons (Fsp3) is 0.0667. The molecule has 0 aromatic heterocycles. The van der Waals surface area contributed by atoms with E-state index < -0.39 is 17.7 Å². The molecule has 0 unspecified atom stereocenters. The Kier molecular flexibility index (Phi) is 4.37. The van der Waals surface area contributed by atoms with Crippen molar-refractivity contribution < 1.29 is 19.1 Å². The lowest BCUT2D eigenvalue weighted by Gasteiger charge is -2.11. The Morgan fingerprint density at radius 3 is 2.57 bits per heavy atom. The average Bonchev–Trinajstić information content (AvgIpc) is 2.40. The van der Waals surface area contributed by atoms with Crippen LogP contribution in [-0.4, -0.2) is 17.0 Å². The van der Waals surface area contributed by atoms with Crippen LogP contribution in [0.3, 0.4) is 0 Å². The highest BCUT2D eigenvalue weighted by Gasteiger charge is 2.17. The molecular weight excluding hydrogens is 341 g/mol. The molecule has 0 radical (unpaired) electrons. The van der Waals surface area contributed by atoms with E-state index in [0.29, 0.717) is 15.7 Å². The Bertz CT molecular complexity index is 711. The SMILES string of the molecule is Cc1ccc(C(=O)O)cc1NC(=O)c1c(F)cccc1Br. The van der Waals surface area contributed by atoms with Crippen molar-refractivity contribution in [3.63, 3.8) is 0 Å². The topological polar surface area (TPSA) is 66.4 Å². The van der Waals surface area contributed by atoms with Gasteiger partial charge >= 0.3 is 5.97 Å². The second-order valence-corrected chi connectivity index (χ2v) is 5.24. The van der Waals surface area contributed by atoms with Gasteiger partial charge in [0.15, 0.2) is 0 Å². The first-order valence-corrected chi connectivity index (χ1v) is 6.78. The van der Waals surface area contributed by atoms with Crippen LogP contribution in [0.5, 0.6) is 0 Å². The number of hydrogen-bond donors (Lipinski definition) is 2. The Balaban J connectivity index is 2.36. The fourth-order valence-corrected chi connectivity index (χ4v) is 2.31. The van der Waals surface area contributed by atoms with Crippen molar-refractivity contribution in [1.82, 2.24) is 0 Å². The Morgan fingerprint density at radius 1 is 1.24 bits per heavy atom. The summed E-state index contributed by atoms with van der Waals surface area (Å²) in [6.07, 6.45) is 0. The molecule has 6 heteroatoms. The molecule has 0 fully saturated rings. The number of nitrogens with one attached hydrogen (secondary N) is 1. The van der Waals surface area contributed by atoms with Crippen LogP contribution >= 0.6 is 15.9 Å². The summed E-state index contributed by atoms with van der Waals surface area (Å²) < 4.78 is 14.1. The summed E-state index contributed by atoms with van der Waals surface area (Å²) in [7, 11) is 0. The van der Waals surface area contributed by atoms with Gasteiger partial charge in [-0.2, -0.15) is 0 Å². The molecule has 0 atom stereocenters. The van der Waals surface area contributed by atoms with Crippen LogP contribution in [0.2, 0.25) is 0 Å². The summed E-state index contributed by atoms with van der Waals surface area (Å²) in [5.41, 5.74) is 0.928. The van der Waals surface area contributed by atoms with E-state index in [1.807, 2.05) is 0 Å². The maximum Gasteiger partial charge on any atom is 0.335 e. The molecular formula is C15H11BrFNO3. The van der Waals surface area contributed by atoms with Crippen molar-refractivity contribution in [3.05, 3.63) is 63.4 Å². The molecule has 2 N–H and O–H groups in total. The molecule has 21 heavy (non-hydrogen) atoms. The van der Waals surface area contributed by atoms with Crippen LogP contribution in [0.1, 0.15) is 26.3 Å². The van der Waals surface area contributed by atoms with Gasteiger partial charge in [0.2, 0.25) is 0 Å². The third-order valence-corrected chi connectivity index (χ3v) is 3.58. The van der Waals surface area contributed by atoms with Crippen molar-refractivity contribution >= 4 is 33.5 Å². The normalized spacial score (nSPS) is 10.2. The van der Waals surface area contributed by atoms with Crippen LogP contribution < -0.4 is 5.32 Å². The molecule has 2 aromatic carbocycles. The van der Waals surface area contributed by atoms with Gasteiger partial charge in [0, 0.05) is 10.2 Å². The molecule has 0 aliphatic heterocycles. The highest BCUT2D eigenvalue weighted by atomic mass is 79.9. The van der Waals surface area contributed by atoms with Crippen molar-refractivity contribution in [2.75, 3.05) is 5.32 Å². The third-order valence-electron chi connectivity index (χ3n) is 2.92. The van der Waals surface area contributed by atoms with E-state index in [1.54, 1.807) is 19.1 Å². The number of benzene rings is 2. The van der Waals surface area contributed by atoms with E-state index in [-0.39, 0.29) is 11.1 Å². The van der Waals surface area contributed by atoms with Gasteiger partial charge in [-0.3, -0.25) is 4.79 Å². The van der Waals surface area contributed by atoms with E-state index >= 15 is 0 Å². The lowest BCUT2D eigenvalue weighted by atomic mass is 10.1. The maximum absolute atomic E-state index is 13.7. The molecule has 0 spiro atoms. The Hall–Kier alpha value is -2.21. The zero-order valence-electron chi connectivity index (χ0n) is 11.0. The number of rotatable bonds is 3. The van der Waals surface area contributed by atoms with Gasteiger partial charge in [-0.15, -0.1) is 0 Å². The van der Waals surface area contributed by atoms with Gasteiger partial charge in [-0.1, -0.05) is 12.1 Å². The van der Waals surface area contributed by atoms with Crippen LogP contribution in [-0.2, 0) is 0 Å². The minimum absolute atomic E-state index is 0.0449. The van der Waals surface area contributed by atoms with E-state index in [9.17, 15) is 14.0 Å². The monoisotopic (exact) mass is 351 g/mol. The van der Waals surface area contributed by atoms with Gasteiger partial charge in [-0.25, -0.2) is 9.18 Å². The minimum Gasteiger partial charge on any atom is -0.478 e. The predicted octanol–water partition coefficient (Wildman–Crippen LogP) is 3.85. The molecule has 2 rings (SSSR count). The highest BCUT2D eigenvalue weighted by molar-refractivity contribution is 9.10. The first-order valence-electron chi connectivity index (χ1n) is 5.99. The first kappa shape index (κ1) is 15.2. The molecule has 108 valence electrons. The minimum atomic E-state index is -1.10. The third kappa shape index (κ3) is 3.28.